The molecule has 0 aliphatic heterocycles. The van der Waals surface area contributed by atoms with Crippen molar-refractivity contribution in [2.75, 3.05) is 6.61 Å². The monoisotopic (exact) mass is 328 g/mol. The van der Waals surface area contributed by atoms with E-state index in [-0.39, 0.29) is 0 Å². The van der Waals surface area contributed by atoms with Gasteiger partial charge in [-0.2, -0.15) is 0 Å². The Morgan fingerprint density at radius 3 is 2.79 bits per heavy atom. The topological polar surface area (TPSA) is 37.3 Å². The maximum absolute atomic E-state index is 12.0. The average Bonchev–Trinajstić information content (AvgIpc) is 3.27. The van der Waals surface area contributed by atoms with Crippen LogP contribution in [-0.2, 0) is 4.79 Å². The summed E-state index contributed by atoms with van der Waals surface area (Å²) in [5, 5.41) is 9.50. The van der Waals surface area contributed by atoms with Crippen LogP contribution in [0.15, 0.2) is 11.6 Å². The first kappa shape index (κ1) is 15.6. The van der Waals surface area contributed by atoms with Gasteiger partial charge in [-0.1, -0.05) is 19.4 Å². The van der Waals surface area contributed by atoms with Crippen LogP contribution in [0, 0.1) is 46.3 Å². The molecule has 24 heavy (non-hydrogen) atoms. The first-order valence-electron chi connectivity index (χ1n) is 10.3. The summed E-state index contributed by atoms with van der Waals surface area (Å²) in [7, 11) is 0. The van der Waals surface area contributed by atoms with E-state index >= 15 is 0 Å². The fourth-order valence-electron chi connectivity index (χ4n) is 8.14. The van der Waals surface area contributed by atoms with Crippen molar-refractivity contribution in [3.05, 3.63) is 11.6 Å². The van der Waals surface area contributed by atoms with Crippen molar-refractivity contribution in [2.24, 2.45) is 46.3 Å². The van der Waals surface area contributed by atoms with Gasteiger partial charge in [0.25, 0.3) is 0 Å². The minimum Gasteiger partial charge on any atom is -0.396 e. The van der Waals surface area contributed by atoms with Gasteiger partial charge in [-0.25, -0.2) is 0 Å². The van der Waals surface area contributed by atoms with Crippen molar-refractivity contribution in [2.45, 2.75) is 65.2 Å². The summed E-state index contributed by atoms with van der Waals surface area (Å²) in [6.45, 7) is 5.41. The fraction of sp³-hybridized carbons (Fsp3) is 0.864. The van der Waals surface area contributed by atoms with Crippen molar-refractivity contribution in [3.63, 3.8) is 0 Å². The second-order valence-electron chi connectivity index (χ2n) is 10.1. The van der Waals surface area contributed by atoms with Gasteiger partial charge in [-0.3, -0.25) is 4.79 Å². The van der Waals surface area contributed by atoms with Crippen molar-refractivity contribution >= 4 is 5.78 Å². The Hall–Kier alpha value is -0.630. The van der Waals surface area contributed by atoms with Crippen LogP contribution in [-0.4, -0.2) is 17.5 Å². The Balaban J connectivity index is 1.51. The molecule has 4 fully saturated rings. The maximum atomic E-state index is 12.0. The summed E-state index contributed by atoms with van der Waals surface area (Å²) < 4.78 is 0. The van der Waals surface area contributed by atoms with Crippen LogP contribution in [0.2, 0.25) is 0 Å². The lowest BCUT2D eigenvalue weighted by atomic mass is 9.46. The summed E-state index contributed by atoms with van der Waals surface area (Å²) in [5.41, 5.74) is 2.34. The van der Waals surface area contributed by atoms with Gasteiger partial charge in [0.05, 0.1) is 0 Å². The van der Waals surface area contributed by atoms with E-state index in [1.54, 1.807) is 5.57 Å². The molecule has 5 aliphatic carbocycles. The number of hydrogen-bond donors (Lipinski definition) is 1. The van der Waals surface area contributed by atoms with Crippen LogP contribution in [0.5, 0.6) is 0 Å². The second kappa shape index (κ2) is 4.96. The quantitative estimate of drug-likeness (QED) is 0.817. The van der Waals surface area contributed by atoms with Gasteiger partial charge in [0, 0.05) is 13.0 Å². The normalized spacial score (nSPS) is 55.1. The number of allylic oxidation sites excluding steroid dienone is 1. The number of aliphatic hydroxyl groups excluding tert-OH is 1. The van der Waals surface area contributed by atoms with E-state index in [4.69, 9.17) is 0 Å². The van der Waals surface area contributed by atoms with Crippen LogP contribution < -0.4 is 0 Å². The molecular weight excluding hydrogens is 296 g/mol. The van der Waals surface area contributed by atoms with Gasteiger partial charge in [-0.05, 0) is 97.4 Å². The number of fused-ring (bicyclic) bond motifs is 8. The Morgan fingerprint density at radius 1 is 1.17 bits per heavy atom. The minimum atomic E-state index is 0.312. The van der Waals surface area contributed by atoms with E-state index in [1.807, 2.05) is 0 Å². The third-order valence-electron chi connectivity index (χ3n) is 9.43. The van der Waals surface area contributed by atoms with E-state index < -0.39 is 0 Å². The molecule has 5 rings (SSSR count). The Morgan fingerprint density at radius 2 is 2.00 bits per heavy atom. The molecule has 4 saturated carbocycles. The van der Waals surface area contributed by atoms with Gasteiger partial charge in [0.15, 0.2) is 5.78 Å². The highest BCUT2D eigenvalue weighted by molar-refractivity contribution is 5.92. The van der Waals surface area contributed by atoms with Crippen molar-refractivity contribution in [3.8, 4) is 0 Å². The first-order chi connectivity index (χ1) is 11.5. The van der Waals surface area contributed by atoms with E-state index in [1.165, 1.54) is 32.1 Å². The first-order valence-corrected chi connectivity index (χ1v) is 10.3. The average molecular weight is 328 g/mol. The predicted octanol–water partition coefficient (Wildman–Crippen LogP) is 4.37. The van der Waals surface area contributed by atoms with Gasteiger partial charge in [0.2, 0.25) is 0 Å². The molecule has 8 atom stereocenters. The van der Waals surface area contributed by atoms with Gasteiger partial charge in [-0.15, -0.1) is 0 Å². The highest BCUT2D eigenvalue weighted by Crippen LogP contribution is 2.74. The molecule has 2 heteroatoms. The SMILES string of the molecule is C[C@]12CCC3C(C1CCC2CCO)[C@@H]1C[C@@H]1C1=CC(=O)CC[C@@]13C. The highest BCUT2D eigenvalue weighted by atomic mass is 16.3. The third kappa shape index (κ3) is 1.84. The molecule has 0 amide bonds. The molecule has 0 heterocycles. The van der Waals surface area contributed by atoms with Crippen molar-refractivity contribution < 1.29 is 9.90 Å². The molecule has 0 aromatic rings. The lowest BCUT2D eigenvalue weighted by Gasteiger charge is -2.58. The Labute approximate surface area is 146 Å². The second-order valence-corrected chi connectivity index (χ2v) is 10.1. The fourth-order valence-corrected chi connectivity index (χ4v) is 8.14. The predicted molar refractivity (Wildman–Crippen MR) is 94.3 cm³/mol. The molecule has 0 saturated heterocycles. The van der Waals surface area contributed by atoms with E-state index in [0.29, 0.717) is 23.2 Å². The summed E-state index contributed by atoms with van der Waals surface area (Å²) in [5.74, 6) is 5.31. The van der Waals surface area contributed by atoms with Crippen LogP contribution in [0.4, 0.5) is 0 Å². The number of aliphatic hydroxyl groups is 1. The maximum Gasteiger partial charge on any atom is 0.155 e. The molecule has 1 N–H and O–H groups in total. The van der Waals surface area contributed by atoms with E-state index in [0.717, 1.165) is 54.8 Å². The number of carbonyl (C=O) groups excluding carboxylic acids is 1. The zero-order valence-corrected chi connectivity index (χ0v) is 15.3. The minimum absolute atomic E-state index is 0.312. The summed E-state index contributed by atoms with van der Waals surface area (Å²) >= 11 is 0. The van der Waals surface area contributed by atoms with Crippen molar-refractivity contribution in [1.29, 1.82) is 0 Å². The summed E-state index contributed by atoms with van der Waals surface area (Å²) in [6, 6.07) is 0. The summed E-state index contributed by atoms with van der Waals surface area (Å²) in [6.07, 6.45) is 11.7. The molecule has 0 aromatic carbocycles. The molecule has 0 aromatic heterocycles. The number of hydrogen-bond acceptors (Lipinski definition) is 2. The van der Waals surface area contributed by atoms with Gasteiger partial charge >= 0.3 is 0 Å². The Bertz CT molecular complexity index is 607. The zero-order chi connectivity index (χ0) is 16.7. The van der Waals surface area contributed by atoms with E-state index in [9.17, 15) is 9.90 Å². The lowest BCUT2D eigenvalue weighted by molar-refractivity contribution is -0.117. The van der Waals surface area contributed by atoms with Crippen LogP contribution in [0.25, 0.3) is 0 Å². The number of ketones is 1. The molecule has 4 unspecified atom stereocenters. The van der Waals surface area contributed by atoms with Crippen LogP contribution >= 0.6 is 0 Å². The number of carbonyl (C=O) groups is 1. The third-order valence-corrected chi connectivity index (χ3v) is 9.43. The Kier molecular flexibility index (Phi) is 3.23. The molecule has 5 aliphatic rings. The molecule has 0 radical (unpaired) electrons. The van der Waals surface area contributed by atoms with Crippen molar-refractivity contribution in [1.82, 2.24) is 0 Å². The van der Waals surface area contributed by atoms with Gasteiger partial charge < -0.3 is 5.11 Å². The zero-order valence-electron chi connectivity index (χ0n) is 15.3. The van der Waals surface area contributed by atoms with Crippen LogP contribution in [0.3, 0.4) is 0 Å². The molecular formula is C22H32O2. The summed E-state index contributed by atoms with van der Waals surface area (Å²) in [4.78, 5) is 12.0. The highest BCUT2D eigenvalue weighted by Gasteiger charge is 2.67. The van der Waals surface area contributed by atoms with Crippen LogP contribution in [0.1, 0.15) is 65.2 Å². The van der Waals surface area contributed by atoms with Gasteiger partial charge in [0.1, 0.15) is 0 Å². The molecule has 2 nitrogen and oxygen atoms in total. The smallest absolute Gasteiger partial charge is 0.155 e. The molecule has 132 valence electrons. The lowest BCUT2D eigenvalue weighted by Crippen LogP contribution is -2.51. The largest absolute Gasteiger partial charge is 0.396 e. The van der Waals surface area contributed by atoms with E-state index in [2.05, 4.69) is 19.9 Å². The standard InChI is InChI=1S/C22H32O2/c1-21-9-6-18-20(17(21)4-3-13(21)7-10-23)16-12-15(16)19-11-14(24)5-8-22(18,19)2/h11,13,15-18,20,23H,3-10,12H2,1-2H3/t13?,15-,16+,17?,18?,20?,21+,22+/m0/s1. The molecule has 0 bridgehead atoms. The number of rotatable bonds is 2. The molecule has 0 spiro atoms.